The summed E-state index contributed by atoms with van der Waals surface area (Å²) in [5.74, 6) is -2.77. The summed E-state index contributed by atoms with van der Waals surface area (Å²) in [7, 11) is 0. The van der Waals surface area contributed by atoms with Gasteiger partial charge in [-0.3, -0.25) is 9.59 Å². The van der Waals surface area contributed by atoms with Gasteiger partial charge in [0.15, 0.2) is 0 Å². The summed E-state index contributed by atoms with van der Waals surface area (Å²) in [6.07, 6.45) is 3.48. The number of ether oxygens (including phenoxy) is 2. The maximum absolute atomic E-state index is 12.7. The van der Waals surface area contributed by atoms with E-state index >= 15 is 0 Å². The molecule has 1 heterocycles. The summed E-state index contributed by atoms with van der Waals surface area (Å²) in [4.78, 5) is 51.5. The molecular formula is C29H29N3O6S. The van der Waals surface area contributed by atoms with E-state index in [-0.39, 0.29) is 12.4 Å². The number of carbonyl (C=O) groups is 4. The monoisotopic (exact) mass is 547 g/mol. The maximum atomic E-state index is 12.7. The predicted molar refractivity (Wildman–Crippen MR) is 148 cm³/mol. The number of hydrazone groups is 1. The molecule has 39 heavy (non-hydrogen) atoms. The molecule has 1 aliphatic carbocycles. The first-order valence-electron chi connectivity index (χ1n) is 12.6. The molecule has 2 amide bonds. The Hall–Kier alpha value is -4.31. The van der Waals surface area contributed by atoms with Gasteiger partial charge in [0.25, 0.3) is 0 Å². The zero-order valence-electron chi connectivity index (χ0n) is 22.0. The number of esters is 2. The fourth-order valence-corrected chi connectivity index (χ4v) is 5.45. The topological polar surface area (TPSA) is 123 Å². The standard InChI is InChI=1S/C29H29N3O6S/c1-4-37-29(36)24-21-10-6-8-12-23(21)39-27(24)30-25(33)26(34)32-31-18(3)20-9-5-7-11-22(20)38-28(35)19-15-13-17(2)14-16-19/h5,7,9,11,13-16H,4,6,8,10,12H2,1-3H3,(H,30,33)(H,32,34)/b31-18+. The molecule has 2 aromatic carbocycles. The van der Waals surface area contributed by atoms with Crippen molar-refractivity contribution < 1.29 is 28.7 Å². The molecule has 0 spiro atoms. The molecule has 0 atom stereocenters. The third-order valence-electron chi connectivity index (χ3n) is 6.18. The van der Waals surface area contributed by atoms with Gasteiger partial charge in [0.2, 0.25) is 0 Å². The number of carbonyl (C=O) groups excluding carboxylic acids is 4. The average molecular weight is 548 g/mol. The quantitative estimate of drug-likeness (QED) is 0.144. The molecule has 0 bridgehead atoms. The largest absolute Gasteiger partial charge is 0.462 e. The highest BCUT2D eigenvalue weighted by Crippen LogP contribution is 2.38. The van der Waals surface area contributed by atoms with Gasteiger partial charge in [-0.05, 0) is 76.3 Å². The minimum Gasteiger partial charge on any atom is -0.462 e. The van der Waals surface area contributed by atoms with E-state index in [1.165, 1.54) is 11.3 Å². The van der Waals surface area contributed by atoms with E-state index in [1.807, 2.05) is 19.1 Å². The Kier molecular flexibility index (Phi) is 8.88. The van der Waals surface area contributed by atoms with Gasteiger partial charge < -0.3 is 14.8 Å². The van der Waals surface area contributed by atoms with Gasteiger partial charge in [-0.2, -0.15) is 5.10 Å². The minimum absolute atomic E-state index is 0.202. The number of anilines is 1. The van der Waals surface area contributed by atoms with E-state index in [0.717, 1.165) is 41.7 Å². The van der Waals surface area contributed by atoms with Gasteiger partial charge in [0, 0.05) is 10.4 Å². The lowest BCUT2D eigenvalue weighted by molar-refractivity contribution is -0.136. The third kappa shape index (κ3) is 6.58. The molecule has 202 valence electrons. The number of thiophene rings is 1. The van der Waals surface area contributed by atoms with E-state index in [9.17, 15) is 19.2 Å². The molecular weight excluding hydrogens is 518 g/mol. The summed E-state index contributed by atoms with van der Waals surface area (Å²) in [6, 6.07) is 13.7. The van der Waals surface area contributed by atoms with Gasteiger partial charge >= 0.3 is 23.8 Å². The van der Waals surface area contributed by atoms with Crippen LogP contribution in [-0.4, -0.2) is 36.1 Å². The lowest BCUT2D eigenvalue weighted by Crippen LogP contribution is -2.33. The van der Waals surface area contributed by atoms with Crippen LogP contribution >= 0.6 is 11.3 Å². The Morgan fingerprint density at radius 2 is 1.67 bits per heavy atom. The van der Waals surface area contributed by atoms with E-state index in [2.05, 4.69) is 15.8 Å². The first-order valence-corrected chi connectivity index (χ1v) is 13.5. The van der Waals surface area contributed by atoms with Crippen LogP contribution in [0, 0.1) is 6.92 Å². The van der Waals surface area contributed by atoms with Crippen LogP contribution in [0.4, 0.5) is 5.00 Å². The Labute approximate surface area is 230 Å². The highest BCUT2D eigenvalue weighted by molar-refractivity contribution is 7.17. The zero-order valence-corrected chi connectivity index (χ0v) is 22.8. The molecule has 0 unspecified atom stereocenters. The van der Waals surface area contributed by atoms with Crippen molar-refractivity contribution in [1.29, 1.82) is 0 Å². The second-order valence-electron chi connectivity index (χ2n) is 8.98. The van der Waals surface area contributed by atoms with Crippen LogP contribution in [0.3, 0.4) is 0 Å². The number of hydrogen-bond donors (Lipinski definition) is 2. The SMILES string of the molecule is CCOC(=O)c1c(NC(=O)C(=O)N/N=C(\C)c2ccccc2OC(=O)c2ccc(C)cc2)sc2c1CCCC2. The van der Waals surface area contributed by atoms with E-state index < -0.39 is 23.8 Å². The molecule has 0 radical (unpaired) electrons. The second kappa shape index (κ2) is 12.5. The summed E-state index contributed by atoms with van der Waals surface area (Å²) >= 11 is 1.29. The number of nitrogens with zero attached hydrogens (tertiary/aromatic N) is 1. The second-order valence-corrected chi connectivity index (χ2v) is 10.1. The number of aryl methyl sites for hydroxylation is 2. The van der Waals surface area contributed by atoms with Crippen LogP contribution < -0.4 is 15.5 Å². The fraction of sp³-hybridized carbons (Fsp3) is 0.276. The number of rotatable bonds is 7. The number of nitrogens with one attached hydrogen (secondary N) is 2. The van der Waals surface area contributed by atoms with Crippen LogP contribution in [0.25, 0.3) is 0 Å². The van der Waals surface area contributed by atoms with Crippen molar-refractivity contribution in [2.24, 2.45) is 5.10 Å². The minimum atomic E-state index is -1.01. The number of para-hydroxylation sites is 1. The molecule has 0 aliphatic heterocycles. The van der Waals surface area contributed by atoms with Crippen molar-refractivity contribution in [2.45, 2.75) is 46.5 Å². The van der Waals surface area contributed by atoms with Crippen LogP contribution in [0.2, 0.25) is 0 Å². The van der Waals surface area contributed by atoms with Gasteiger partial charge in [0.1, 0.15) is 10.8 Å². The highest BCUT2D eigenvalue weighted by Gasteiger charge is 2.28. The first kappa shape index (κ1) is 27.7. The Morgan fingerprint density at radius 3 is 2.41 bits per heavy atom. The summed E-state index contributed by atoms with van der Waals surface area (Å²) < 4.78 is 10.8. The number of amides is 2. The number of benzene rings is 2. The van der Waals surface area contributed by atoms with Crippen molar-refractivity contribution in [1.82, 2.24) is 5.43 Å². The van der Waals surface area contributed by atoms with Gasteiger partial charge in [-0.1, -0.05) is 29.8 Å². The van der Waals surface area contributed by atoms with Crippen molar-refractivity contribution in [3.8, 4) is 5.75 Å². The zero-order chi connectivity index (χ0) is 27.9. The van der Waals surface area contributed by atoms with Crippen LogP contribution in [0.5, 0.6) is 5.75 Å². The maximum Gasteiger partial charge on any atom is 0.343 e. The lowest BCUT2D eigenvalue weighted by atomic mass is 9.95. The van der Waals surface area contributed by atoms with Crippen molar-refractivity contribution in [3.63, 3.8) is 0 Å². The van der Waals surface area contributed by atoms with Gasteiger partial charge in [0.05, 0.1) is 23.4 Å². The molecule has 1 aliphatic rings. The van der Waals surface area contributed by atoms with E-state index in [1.54, 1.807) is 50.2 Å². The van der Waals surface area contributed by atoms with Crippen molar-refractivity contribution in [3.05, 3.63) is 81.2 Å². The van der Waals surface area contributed by atoms with Crippen molar-refractivity contribution >= 4 is 45.8 Å². The van der Waals surface area contributed by atoms with Crippen molar-refractivity contribution in [2.75, 3.05) is 11.9 Å². The average Bonchev–Trinajstić information content (AvgIpc) is 3.30. The first-order chi connectivity index (χ1) is 18.8. The van der Waals surface area contributed by atoms with Crippen LogP contribution in [0.1, 0.15) is 69.0 Å². The molecule has 4 rings (SSSR count). The number of fused-ring (bicyclic) bond motifs is 1. The van der Waals surface area contributed by atoms with Gasteiger partial charge in [-0.15, -0.1) is 11.3 Å². The Morgan fingerprint density at radius 1 is 0.949 bits per heavy atom. The summed E-state index contributed by atoms with van der Waals surface area (Å²) in [5.41, 5.74) is 5.64. The van der Waals surface area contributed by atoms with Gasteiger partial charge in [-0.25, -0.2) is 15.0 Å². The molecule has 0 saturated heterocycles. The summed E-state index contributed by atoms with van der Waals surface area (Å²) in [5, 5.41) is 6.90. The molecule has 0 fully saturated rings. The molecule has 1 aromatic heterocycles. The molecule has 0 saturated carbocycles. The summed E-state index contributed by atoms with van der Waals surface area (Å²) in [6.45, 7) is 5.45. The molecule has 10 heteroatoms. The molecule has 9 nitrogen and oxygen atoms in total. The lowest BCUT2D eigenvalue weighted by Gasteiger charge is -2.12. The van der Waals surface area contributed by atoms with E-state index in [4.69, 9.17) is 9.47 Å². The predicted octanol–water partition coefficient (Wildman–Crippen LogP) is 4.81. The van der Waals surface area contributed by atoms with E-state index in [0.29, 0.717) is 27.4 Å². The Balaban J connectivity index is 1.46. The highest BCUT2D eigenvalue weighted by atomic mass is 32.1. The molecule has 2 N–H and O–H groups in total. The van der Waals surface area contributed by atoms with Crippen LogP contribution in [0.15, 0.2) is 53.6 Å². The molecule has 3 aromatic rings. The van der Waals surface area contributed by atoms with Crippen LogP contribution in [-0.2, 0) is 27.2 Å². The third-order valence-corrected chi connectivity index (χ3v) is 7.38. The number of hydrogen-bond acceptors (Lipinski definition) is 8. The fourth-order valence-electron chi connectivity index (χ4n) is 4.18. The Bertz CT molecular complexity index is 1440. The normalized spacial score (nSPS) is 12.7. The smallest absolute Gasteiger partial charge is 0.343 e.